The van der Waals surface area contributed by atoms with Crippen molar-refractivity contribution in [3.05, 3.63) is 84.9 Å². The summed E-state index contributed by atoms with van der Waals surface area (Å²) < 4.78 is 1.66. The first kappa shape index (κ1) is 19.1. The lowest BCUT2D eigenvalue weighted by molar-refractivity contribution is 0.102. The number of hydrogen-bond acceptors (Lipinski definition) is 6. The second kappa shape index (κ2) is 8.44. The predicted molar refractivity (Wildman–Crippen MR) is 118 cm³/mol. The Morgan fingerprint density at radius 3 is 2.37 bits per heavy atom. The Morgan fingerprint density at radius 2 is 1.70 bits per heavy atom. The third-order valence-electron chi connectivity index (χ3n) is 4.45. The Morgan fingerprint density at radius 1 is 0.967 bits per heavy atom. The summed E-state index contributed by atoms with van der Waals surface area (Å²) in [4.78, 5) is 22.9. The Hall–Kier alpha value is -4.20. The number of aromatic nitrogens is 4. The molecule has 8 heteroatoms. The fourth-order valence-electron chi connectivity index (χ4n) is 2.84. The van der Waals surface area contributed by atoms with E-state index in [2.05, 4.69) is 25.7 Å². The van der Waals surface area contributed by atoms with Crippen LogP contribution in [0.1, 0.15) is 10.4 Å². The number of anilines is 4. The third-order valence-corrected chi connectivity index (χ3v) is 4.45. The van der Waals surface area contributed by atoms with Gasteiger partial charge < -0.3 is 15.5 Å². The Balaban J connectivity index is 1.40. The first-order chi connectivity index (χ1) is 14.6. The molecule has 0 atom stereocenters. The normalized spacial score (nSPS) is 10.5. The molecular weight excluding hydrogens is 378 g/mol. The minimum atomic E-state index is -0.152. The van der Waals surface area contributed by atoms with Gasteiger partial charge in [-0.3, -0.25) is 4.79 Å². The lowest BCUT2D eigenvalue weighted by Crippen LogP contribution is -2.13. The molecule has 0 saturated carbocycles. The first-order valence-electron chi connectivity index (χ1n) is 9.36. The molecule has 0 aliphatic heterocycles. The molecule has 8 nitrogen and oxygen atoms in total. The molecule has 2 N–H and O–H groups in total. The standard InChI is InChI=1S/C22H21N7O/c1-28(2)19-10-4-16(5-11-19)22(30)27-18-8-6-17(7-9-18)26-20-14-21(24-15-23-20)29-13-3-12-25-29/h3-15H,1-2H3,(H,27,30)(H,23,24,26). The molecule has 150 valence electrons. The summed E-state index contributed by atoms with van der Waals surface area (Å²) >= 11 is 0. The van der Waals surface area contributed by atoms with Gasteiger partial charge in [0.1, 0.15) is 12.1 Å². The van der Waals surface area contributed by atoms with Gasteiger partial charge in [-0.25, -0.2) is 14.6 Å². The maximum Gasteiger partial charge on any atom is 0.255 e. The van der Waals surface area contributed by atoms with Crippen molar-refractivity contribution in [1.82, 2.24) is 19.7 Å². The van der Waals surface area contributed by atoms with Gasteiger partial charge in [0.05, 0.1) is 0 Å². The van der Waals surface area contributed by atoms with E-state index in [1.54, 1.807) is 16.9 Å². The van der Waals surface area contributed by atoms with E-state index in [4.69, 9.17) is 0 Å². The molecule has 4 rings (SSSR count). The van der Waals surface area contributed by atoms with Gasteiger partial charge in [-0.05, 0) is 54.6 Å². The van der Waals surface area contributed by atoms with Gasteiger partial charge in [0, 0.05) is 55.2 Å². The zero-order chi connectivity index (χ0) is 20.9. The quantitative estimate of drug-likeness (QED) is 0.514. The van der Waals surface area contributed by atoms with Gasteiger partial charge in [0.25, 0.3) is 5.91 Å². The van der Waals surface area contributed by atoms with E-state index in [0.29, 0.717) is 22.9 Å². The molecule has 0 bridgehead atoms. The van der Waals surface area contributed by atoms with Crippen LogP contribution >= 0.6 is 0 Å². The summed E-state index contributed by atoms with van der Waals surface area (Å²) in [5.41, 5.74) is 3.20. The molecule has 0 spiro atoms. The number of carbonyl (C=O) groups excluding carboxylic acids is 1. The van der Waals surface area contributed by atoms with Gasteiger partial charge in [0.2, 0.25) is 0 Å². The average molecular weight is 399 g/mol. The fraction of sp³-hybridized carbons (Fsp3) is 0.0909. The molecule has 2 aromatic heterocycles. The Bertz CT molecular complexity index is 1120. The summed E-state index contributed by atoms with van der Waals surface area (Å²) in [5.74, 6) is 1.16. The van der Waals surface area contributed by atoms with Crippen LogP contribution in [0.5, 0.6) is 0 Å². The van der Waals surface area contributed by atoms with Crippen molar-refractivity contribution in [2.24, 2.45) is 0 Å². The summed E-state index contributed by atoms with van der Waals surface area (Å²) in [5, 5.41) is 10.3. The van der Waals surface area contributed by atoms with Gasteiger partial charge in [-0.1, -0.05) is 0 Å². The van der Waals surface area contributed by atoms with E-state index in [-0.39, 0.29) is 5.91 Å². The van der Waals surface area contributed by atoms with E-state index < -0.39 is 0 Å². The lowest BCUT2D eigenvalue weighted by Gasteiger charge is -2.13. The maximum atomic E-state index is 12.5. The van der Waals surface area contributed by atoms with Crippen LogP contribution < -0.4 is 15.5 Å². The van der Waals surface area contributed by atoms with Crippen LogP contribution in [-0.4, -0.2) is 39.8 Å². The minimum Gasteiger partial charge on any atom is -0.378 e. The summed E-state index contributed by atoms with van der Waals surface area (Å²) in [6, 6.07) is 18.5. The SMILES string of the molecule is CN(C)c1ccc(C(=O)Nc2ccc(Nc3cc(-n4cccn4)ncn3)cc2)cc1. The summed E-state index contributed by atoms with van der Waals surface area (Å²) in [6.45, 7) is 0. The van der Waals surface area contributed by atoms with Crippen LogP contribution in [0.15, 0.2) is 79.4 Å². The third kappa shape index (κ3) is 4.44. The smallest absolute Gasteiger partial charge is 0.255 e. The highest BCUT2D eigenvalue weighted by Gasteiger charge is 2.07. The van der Waals surface area contributed by atoms with Crippen molar-refractivity contribution in [2.75, 3.05) is 29.6 Å². The van der Waals surface area contributed by atoms with Crippen molar-refractivity contribution in [3.63, 3.8) is 0 Å². The van der Waals surface area contributed by atoms with E-state index in [1.807, 2.05) is 79.8 Å². The number of nitrogens with one attached hydrogen (secondary N) is 2. The van der Waals surface area contributed by atoms with Crippen LogP contribution in [-0.2, 0) is 0 Å². The summed E-state index contributed by atoms with van der Waals surface area (Å²) in [6.07, 6.45) is 4.99. The van der Waals surface area contributed by atoms with Crippen LogP contribution in [0.25, 0.3) is 5.82 Å². The van der Waals surface area contributed by atoms with E-state index >= 15 is 0 Å². The number of amides is 1. The van der Waals surface area contributed by atoms with Gasteiger partial charge in [-0.15, -0.1) is 0 Å². The van der Waals surface area contributed by atoms with Crippen LogP contribution in [0.4, 0.5) is 22.9 Å². The monoisotopic (exact) mass is 399 g/mol. The van der Waals surface area contributed by atoms with Crippen LogP contribution in [0.3, 0.4) is 0 Å². The highest BCUT2D eigenvalue weighted by molar-refractivity contribution is 6.04. The van der Waals surface area contributed by atoms with E-state index in [9.17, 15) is 4.79 Å². The van der Waals surface area contributed by atoms with Crippen LogP contribution in [0.2, 0.25) is 0 Å². The molecule has 0 aliphatic carbocycles. The minimum absolute atomic E-state index is 0.152. The zero-order valence-electron chi connectivity index (χ0n) is 16.6. The highest BCUT2D eigenvalue weighted by atomic mass is 16.1. The summed E-state index contributed by atoms with van der Waals surface area (Å²) in [7, 11) is 3.93. The number of carbonyl (C=O) groups is 1. The number of rotatable bonds is 6. The fourth-order valence-corrected chi connectivity index (χ4v) is 2.84. The molecule has 30 heavy (non-hydrogen) atoms. The molecule has 0 fully saturated rings. The van der Waals surface area contributed by atoms with Gasteiger partial charge in [-0.2, -0.15) is 5.10 Å². The molecule has 1 amide bonds. The predicted octanol–water partition coefficient (Wildman–Crippen LogP) is 3.72. The van der Waals surface area contributed by atoms with Crippen LogP contribution in [0, 0.1) is 0 Å². The van der Waals surface area contributed by atoms with E-state index in [0.717, 1.165) is 11.4 Å². The highest BCUT2D eigenvalue weighted by Crippen LogP contribution is 2.19. The first-order valence-corrected chi connectivity index (χ1v) is 9.36. The zero-order valence-corrected chi connectivity index (χ0v) is 16.6. The average Bonchev–Trinajstić information content (AvgIpc) is 3.30. The number of hydrogen-bond donors (Lipinski definition) is 2. The molecule has 2 heterocycles. The van der Waals surface area contributed by atoms with Gasteiger partial charge in [0.15, 0.2) is 5.82 Å². The molecule has 2 aromatic carbocycles. The van der Waals surface area contributed by atoms with Crippen molar-refractivity contribution in [3.8, 4) is 5.82 Å². The molecule has 0 radical (unpaired) electrons. The second-order valence-electron chi connectivity index (χ2n) is 6.81. The number of nitrogens with zero attached hydrogens (tertiary/aromatic N) is 5. The number of benzene rings is 2. The Labute approximate surface area is 174 Å². The molecule has 4 aromatic rings. The topological polar surface area (TPSA) is 88.0 Å². The molecule has 0 saturated heterocycles. The second-order valence-corrected chi connectivity index (χ2v) is 6.81. The molecule has 0 aliphatic rings. The van der Waals surface area contributed by atoms with Crippen molar-refractivity contribution in [2.45, 2.75) is 0 Å². The largest absolute Gasteiger partial charge is 0.378 e. The van der Waals surface area contributed by atoms with Crippen molar-refractivity contribution >= 4 is 28.8 Å². The lowest BCUT2D eigenvalue weighted by atomic mass is 10.2. The Kier molecular flexibility index (Phi) is 5.38. The van der Waals surface area contributed by atoms with Crippen molar-refractivity contribution < 1.29 is 4.79 Å². The van der Waals surface area contributed by atoms with E-state index in [1.165, 1.54) is 6.33 Å². The molecular formula is C22H21N7O. The molecule has 0 unspecified atom stereocenters. The maximum absolute atomic E-state index is 12.5. The van der Waals surface area contributed by atoms with Crippen molar-refractivity contribution in [1.29, 1.82) is 0 Å². The van der Waals surface area contributed by atoms with Gasteiger partial charge >= 0.3 is 0 Å².